The molecular weight excluding hydrogens is 368 g/mol. The Hall–Kier alpha value is -2.90. The van der Waals surface area contributed by atoms with Gasteiger partial charge in [0.05, 0.1) is 13.1 Å². The molecule has 142 valence electrons. The summed E-state index contributed by atoms with van der Waals surface area (Å²) in [5, 5.41) is 8.72. The number of nitrogens with zero attached hydrogens (tertiary/aromatic N) is 1. The summed E-state index contributed by atoms with van der Waals surface area (Å²) in [6.07, 6.45) is 0. The molecule has 2 rings (SSSR count). The molecule has 8 heteroatoms. The summed E-state index contributed by atoms with van der Waals surface area (Å²) in [5.74, 6) is -0.637. The van der Waals surface area contributed by atoms with Gasteiger partial charge in [0.25, 0.3) is 0 Å². The number of halogens is 1. The highest BCUT2D eigenvalue weighted by Crippen LogP contribution is 2.14. The van der Waals surface area contributed by atoms with Crippen LogP contribution in [0.4, 0.5) is 17.1 Å². The number of likely N-dealkylation sites (N-methyl/N-ethyl adjacent to an activating group) is 1. The van der Waals surface area contributed by atoms with Crippen LogP contribution in [0.15, 0.2) is 48.5 Å². The molecule has 7 nitrogen and oxygen atoms in total. The fraction of sp³-hybridized carbons (Fsp3) is 0.211. The van der Waals surface area contributed by atoms with E-state index >= 15 is 0 Å². The average molecular weight is 389 g/mol. The van der Waals surface area contributed by atoms with Crippen LogP contribution in [0.2, 0.25) is 5.02 Å². The van der Waals surface area contributed by atoms with Gasteiger partial charge in [0.2, 0.25) is 17.7 Å². The fourth-order valence-corrected chi connectivity index (χ4v) is 2.45. The lowest BCUT2D eigenvalue weighted by Crippen LogP contribution is -2.36. The van der Waals surface area contributed by atoms with Crippen molar-refractivity contribution >= 4 is 46.4 Å². The maximum absolute atomic E-state index is 12.1. The van der Waals surface area contributed by atoms with Crippen LogP contribution in [0.25, 0.3) is 0 Å². The van der Waals surface area contributed by atoms with Crippen LogP contribution in [-0.2, 0) is 14.4 Å². The normalized spacial score (nSPS) is 10.4. The molecule has 0 aliphatic carbocycles. The molecule has 0 saturated heterocycles. The van der Waals surface area contributed by atoms with E-state index in [9.17, 15) is 14.4 Å². The second-order valence-corrected chi connectivity index (χ2v) is 6.47. The minimum Gasteiger partial charge on any atom is -0.326 e. The monoisotopic (exact) mass is 388 g/mol. The Kier molecular flexibility index (Phi) is 7.34. The van der Waals surface area contributed by atoms with E-state index in [0.717, 1.165) is 0 Å². The topological polar surface area (TPSA) is 90.5 Å². The Labute approximate surface area is 162 Å². The number of carbonyl (C=O) groups excluding carboxylic acids is 3. The first-order valence-corrected chi connectivity index (χ1v) is 8.61. The third-order valence-electron chi connectivity index (χ3n) is 3.44. The number of anilines is 3. The fourth-order valence-electron chi connectivity index (χ4n) is 2.32. The van der Waals surface area contributed by atoms with Gasteiger partial charge in [0.15, 0.2) is 0 Å². The van der Waals surface area contributed by atoms with E-state index in [0.29, 0.717) is 22.1 Å². The molecule has 27 heavy (non-hydrogen) atoms. The van der Waals surface area contributed by atoms with Gasteiger partial charge in [-0.15, -0.1) is 0 Å². The van der Waals surface area contributed by atoms with Crippen LogP contribution in [0.3, 0.4) is 0 Å². The lowest BCUT2D eigenvalue weighted by Gasteiger charge is -2.16. The SMILES string of the molecule is CC(=O)Nc1ccc(NC(=O)CN(C)CC(=O)Nc2ccc(Cl)cc2)cc1. The molecule has 0 bridgehead atoms. The van der Waals surface area contributed by atoms with E-state index in [4.69, 9.17) is 11.6 Å². The number of benzene rings is 2. The molecule has 0 unspecified atom stereocenters. The minimum atomic E-state index is -0.246. The van der Waals surface area contributed by atoms with Crippen molar-refractivity contribution in [2.75, 3.05) is 36.1 Å². The first kappa shape index (κ1) is 20.4. The van der Waals surface area contributed by atoms with Crippen LogP contribution in [0.1, 0.15) is 6.92 Å². The van der Waals surface area contributed by atoms with Crippen molar-refractivity contribution in [3.05, 3.63) is 53.6 Å². The summed E-state index contributed by atoms with van der Waals surface area (Å²) in [5.41, 5.74) is 1.89. The zero-order valence-electron chi connectivity index (χ0n) is 15.1. The van der Waals surface area contributed by atoms with Crippen molar-refractivity contribution in [3.8, 4) is 0 Å². The smallest absolute Gasteiger partial charge is 0.238 e. The molecule has 3 amide bonds. The standard InChI is InChI=1S/C19H21ClN4O3/c1-13(25)21-15-7-9-17(10-8-15)23-19(27)12-24(2)11-18(26)22-16-5-3-14(20)4-6-16/h3-10H,11-12H2,1-2H3,(H,21,25)(H,22,26)(H,23,27). The summed E-state index contributed by atoms with van der Waals surface area (Å²) in [7, 11) is 1.68. The molecule has 2 aromatic carbocycles. The number of rotatable bonds is 7. The lowest BCUT2D eigenvalue weighted by atomic mass is 10.2. The predicted octanol–water partition coefficient (Wildman–Crippen LogP) is 2.81. The summed E-state index contributed by atoms with van der Waals surface area (Å²) in [4.78, 5) is 36.7. The number of hydrogen-bond acceptors (Lipinski definition) is 4. The van der Waals surface area contributed by atoms with Gasteiger partial charge in [-0.05, 0) is 55.6 Å². The molecule has 0 spiro atoms. The van der Waals surface area contributed by atoms with E-state index in [1.807, 2.05) is 0 Å². The Morgan fingerprint density at radius 2 is 1.15 bits per heavy atom. The maximum Gasteiger partial charge on any atom is 0.238 e. The number of nitrogens with one attached hydrogen (secondary N) is 3. The summed E-state index contributed by atoms with van der Waals surface area (Å²) >= 11 is 5.80. The van der Waals surface area contributed by atoms with Crippen molar-refractivity contribution in [3.63, 3.8) is 0 Å². The second kappa shape index (κ2) is 9.70. The van der Waals surface area contributed by atoms with Gasteiger partial charge in [-0.2, -0.15) is 0 Å². The Morgan fingerprint density at radius 1 is 0.778 bits per heavy atom. The molecule has 0 heterocycles. The summed E-state index contributed by atoms with van der Waals surface area (Å²) in [6, 6.07) is 13.6. The highest BCUT2D eigenvalue weighted by atomic mass is 35.5. The quantitative estimate of drug-likeness (QED) is 0.680. The van der Waals surface area contributed by atoms with Gasteiger partial charge in [0.1, 0.15) is 0 Å². The molecule has 2 aromatic rings. The first-order chi connectivity index (χ1) is 12.8. The largest absolute Gasteiger partial charge is 0.326 e. The van der Waals surface area contributed by atoms with Crippen molar-refractivity contribution in [2.45, 2.75) is 6.92 Å². The van der Waals surface area contributed by atoms with Crippen LogP contribution in [0.5, 0.6) is 0 Å². The van der Waals surface area contributed by atoms with Gasteiger partial charge >= 0.3 is 0 Å². The van der Waals surface area contributed by atoms with Gasteiger partial charge in [-0.3, -0.25) is 19.3 Å². The second-order valence-electron chi connectivity index (χ2n) is 6.03. The molecule has 0 aromatic heterocycles. The third-order valence-corrected chi connectivity index (χ3v) is 3.70. The lowest BCUT2D eigenvalue weighted by molar-refractivity contribution is -0.119. The Balaban J connectivity index is 1.78. The minimum absolute atomic E-state index is 0.0570. The van der Waals surface area contributed by atoms with E-state index in [1.54, 1.807) is 60.5 Å². The van der Waals surface area contributed by atoms with Gasteiger partial charge in [-0.1, -0.05) is 11.6 Å². The van der Waals surface area contributed by atoms with Crippen molar-refractivity contribution in [1.82, 2.24) is 4.90 Å². The Morgan fingerprint density at radius 3 is 1.56 bits per heavy atom. The zero-order valence-corrected chi connectivity index (χ0v) is 15.8. The number of carbonyl (C=O) groups is 3. The van der Waals surface area contributed by atoms with E-state index in [1.165, 1.54) is 6.92 Å². The van der Waals surface area contributed by atoms with Crippen molar-refractivity contribution in [1.29, 1.82) is 0 Å². The highest BCUT2D eigenvalue weighted by Gasteiger charge is 2.11. The average Bonchev–Trinajstić information content (AvgIpc) is 2.58. The predicted molar refractivity (Wildman–Crippen MR) is 107 cm³/mol. The van der Waals surface area contributed by atoms with Gasteiger partial charge in [-0.25, -0.2) is 0 Å². The van der Waals surface area contributed by atoms with Gasteiger partial charge in [0, 0.05) is 29.0 Å². The van der Waals surface area contributed by atoms with Crippen LogP contribution >= 0.6 is 11.6 Å². The van der Waals surface area contributed by atoms with Crippen LogP contribution < -0.4 is 16.0 Å². The third kappa shape index (κ3) is 7.47. The summed E-state index contributed by atoms with van der Waals surface area (Å²) < 4.78 is 0. The summed E-state index contributed by atoms with van der Waals surface area (Å²) in [6.45, 7) is 1.55. The molecule has 0 saturated carbocycles. The van der Waals surface area contributed by atoms with Crippen LogP contribution in [0, 0.1) is 0 Å². The van der Waals surface area contributed by atoms with Crippen molar-refractivity contribution < 1.29 is 14.4 Å². The molecule has 3 N–H and O–H groups in total. The molecule has 0 fully saturated rings. The highest BCUT2D eigenvalue weighted by molar-refractivity contribution is 6.30. The van der Waals surface area contributed by atoms with Crippen LogP contribution in [-0.4, -0.2) is 42.8 Å². The number of amides is 3. The van der Waals surface area contributed by atoms with E-state index in [2.05, 4.69) is 16.0 Å². The molecule has 0 aliphatic rings. The maximum atomic E-state index is 12.1. The van der Waals surface area contributed by atoms with E-state index in [-0.39, 0.29) is 30.8 Å². The molecule has 0 radical (unpaired) electrons. The van der Waals surface area contributed by atoms with Gasteiger partial charge < -0.3 is 16.0 Å². The van der Waals surface area contributed by atoms with Crippen molar-refractivity contribution in [2.24, 2.45) is 0 Å². The molecule has 0 aliphatic heterocycles. The molecular formula is C19H21ClN4O3. The number of hydrogen-bond donors (Lipinski definition) is 3. The molecule has 0 atom stereocenters. The zero-order chi connectivity index (χ0) is 19.8. The van der Waals surface area contributed by atoms with E-state index < -0.39 is 0 Å². The Bertz CT molecular complexity index is 807. The first-order valence-electron chi connectivity index (χ1n) is 8.23.